The van der Waals surface area contributed by atoms with Crippen LogP contribution in [0.15, 0.2) is 12.2 Å². The Labute approximate surface area is 134 Å². The van der Waals surface area contributed by atoms with Crippen molar-refractivity contribution < 1.29 is 19.8 Å². The fourth-order valence-corrected chi connectivity index (χ4v) is 2.49. The van der Waals surface area contributed by atoms with E-state index in [1.54, 1.807) is 6.08 Å². The molecule has 0 heterocycles. The highest BCUT2D eigenvalue weighted by atomic mass is 16.4. The Bertz CT molecular complexity index is 310. The summed E-state index contributed by atoms with van der Waals surface area (Å²) in [5.41, 5.74) is 0. The molecule has 0 atom stereocenters. The molecule has 0 rings (SSSR count). The molecule has 0 saturated carbocycles. The van der Waals surface area contributed by atoms with Gasteiger partial charge < -0.3 is 10.2 Å². The van der Waals surface area contributed by atoms with Gasteiger partial charge in [-0.3, -0.25) is 4.79 Å². The van der Waals surface area contributed by atoms with Gasteiger partial charge >= 0.3 is 11.9 Å². The van der Waals surface area contributed by atoms with E-state index in [-0.39, 0.29) is 0 Å². The van der Waals surface area contributed by atoms with Crippen LogP contribution in [-0.4, -0.2) is 22.2 Å². The van der Waals surface area contributed by atoms with E-state index in [0.29, 0.717) is 6.42 Å². The highest BCUT2D eigenvalue weighted by Gasteiger charge is 1.97. The molecule has 0 saturated heterocycles. The lowest BCUT2D eigenvalue weighted by atomic mass is 10.0. The van der Waals surface area contributed by atoms with E-state index in [4.69, 9.17) is 10.2 Å². The molecule has 22 heavy (non-hydrogen) atoms. The van der Waals surface area contributed by atoms with Crippen LogP contribution in [0.2, 0.25) is 0 Å². The molecule has 4 heteroatoms. The number of hydrogen-bond donors (Lipinski definition) is 2. The number of carboxylic acid groups (broad SMARTS) is 2. The van der Waals surface area contributed by atoms with Crippen molar-refractivity contribution in [1.29, 1.82) is 0 Å². The molecule has 0 aliphatic heterocycles. The van der Waals surface area contributed by atoms with Crippen LogP contribution in [0, 0.1) is 0 Å². The van der Waals surface area contributed by atoms with Gasteiger partial charge in [0.1, 0.15) is 0 Å². The number of carboxylic acids is 2. The number of hydrogen-bond acceptors (Lipinski definition) is 2. The Morgan fingerprint density at radius 2 is 1.05 bits per heavy atom. The molecule has 0 bridgehead atoms. The third kappa shape index (κ3) is 18.7. The Morgan fingerprint density at radius 3 is 1.45 bits per heavy atom. The summed E-state index contributed by atoms with van der Waals surface area (Å²) in [7, 11) is 0. The van der Waals surface area contributed by atoms with E-state index in [2.05, 4.69) is 0 Å². The fraction of sp³-hybridized carbons (Fsp3) is 0.778. The average Bonchev–Trinajstić information content (AvgIpc) is 2.46. The molecule has 0 aliphatic carbocycles. The van der Waals surface area contributed by atoms with Crippen molar-refractivity contribution in [1.82, 2.24) is 0 Å². The number of unbranched alkanes of at least 4 members (excludes halogenated alkanes) is 12. The van der Waals surface area contributed by atoms with Crippen molar-refractivity contribution in [3.63, 3.8) is 0 Å². The minimum atomic E-state index is -0.859. The van der Waals surface area contributed by atoms with Crippen LogP contribution in [0.1, 0.15) is 89.9 Å². The first kappa shape index (κ1) is 20.7. The van der Waals surface area contributed by atoms with Gasteiger partial charge in [-0.15, -0.1) is 0 Å². The van der Waals surface area contributed by atoms with E-state index in [0.717, 1.165) is 32.1 Å². The van der Waals surface area contributed by atoms with Gasteiger partial charge in [0.05, 0.1) is 0 Å². The second-order valence-electron chi connectivity index (χ2n) is 5.92. The lowest BCUT2D eigenvalue weighted by Gasteiger charge is -2.02. The van der Waals surface area contributed by atoms with E-state index < -0.39 is 11.9 Å². The van der Waals surface area contributed by atoms with Crippen LogP contribution in [0.5, 0.6) is 0 Å². The second kappa shape index (κ2) is 16.1. The maximum Gasteiger partial charge on any atom is 0.327 e. The third-order valence-corrected chi connectivity index (χ3v) is 3.77. The molecule has 0 aliphatic rings. The van der Waals surface area contributed by atoms with Crippen LogP contribution in [-0.2, 0) is 9.59 Å². The number of carbonyl (C=O) groups is 2. The van der Waals surface area contributed by atoms with Gasteiger partial charge in [-0.25, -0.2) is 4.79 Å². The highest BCUT2D eigenvalue weighted by molar-refractivity contribution is 5.79. The normalized spacial score (nSPS) is 11.1. The predicted molar refractivity (Wildman–Crippen MR) is 89.0 cm³/mol. The Hall–Kier alpha value is -1.32. The van der Waals surface area contributed by atoms with Crippen LogP contribution >= 0.6 is 0 Å². The zero-order chi connectivity index (χ0) is 16.5. The summed E-state index contributed by atoms with van der Waals surface area (Å²) in [5, 5.41) is 16.9. The minimum absolute atomic E-state index is 0.312. The molecular formula is C18H32O4. The molecule has 0 amide bonds. The maximum atomic E-state index is 10.3. The van der Waals surface area contributed by atoms with Crippen molar-refractivity contribution in [3.8, 4) is 0 Å². The summed E-state index contributed by atoms with van der Waals surface area (Å²) in [6, 6.07) is 0. The maximum absolute atomic E-state index is 10.3. The molecule has 2 N–H and O–H groups in total. The van der Waals surface area contributed by atoms with E-state index >= 15 is 0 Å². The van der Waals surface area contributed by atoms with Crippen molar-refractivity contribution in [3.05, 3.63) is 12.2 Å². The number of aliphatic carboxylic acids is 2. The lowest BCUT2D eigenvalue weighted by Crippen LogP contribution is -1.93. The van der Waals surface area contributed by atoms with E-state index in [1.165, 1.54) is 57.4 Å². The summed E-state index contributed by atoms with van der Waals surface area (Å²) < 4.78 is 0. The van der Waals surface area contributed by atoms with Crippen LogP contribution in [0.25, 0.3) is 0 Å². The molecule has 0 spiro atoms. The smallest absolute Gasteiger partial charge is 0.327 e. The first-order chi connectivity index (χ1) is 10.6. The van der Waals surface area contributed by atoms with Gasteiger partial charge in [-0.2, -0.15) is 0 Å². The van der Waals surface area contributed by atoms with Gasteiger partial charge in [0.25, 0.3) is 0 Å². The largest absolute Gasteiger partial charge is 0.481 e. The third-order valence-electron chi connectivity index (χ3n) is 3.77. The highest BCUT2D eigenvalue weighted by Crippen LogP contribution is 2.13. The van der Waals surface area contributed by atoms with Crippen molar-refractivity contribution in [2.75, 3.05) is 0 Å². The Kier molecular flexibility index (Phi) is 15.1. The summed E-state index contributed by atoms with van der Waals surface area (Å²) in [6.45, 7) is 0. The molecule has 0 aromatic heterocycles. The SMILES string of the molecule is O=C(O)C=CCCCCCCCCCCCCCCC(=O)O. The number of allylic oxidation sites excluding steroid dienone is 1. The van der Waals surface area contributed by atoms with Crippen LogP contribution in [0.3, 0.4) is 0 Å². The van der Waals surface area contributed by atoms with E-state index in [1.807, 2.05) is 0 Å². The summed E-state index contributed by atoms with van der Waals surface area (Å²) in [6.07, 6.45) is 18.4. The molecule has 0 fully saturated rings. The summed E-state index contributed by atoms with van der Waals surface area (Å²) in [4.78, 5) is 20.6. The van der Waals surface area contributed by atoms with Gasteiger partial charge in [-0.1, -0.05) is 70.3 Å². The predicted octanol–water partition coefficient (Wildman–Crippen LogP) is 5.17. The summed E-state index contributed by atoms with van der Waals surface area (Å²) in [5.74, 6) is -1.54. The fourth-order valence-electron chi connectivity index (χ4n) is 2.49. The van der Waals surface area contributed by atoms with Gasteiger partial charge in [0.2, 0.25) is 0 Å². The van der Waals surface area contributed by atoms with Crippen LogP contribution in [0.4, 0.5) is 0 Å². The average molecular weight is 312 g/mol. The van der Waals surface area contributed by atoms with Gasteiger partial charge in [0, 0.05) is 12.5 Å². The Balaban J connectivity index is 3.05. The Morgan fingerprint density at radius 1 is 0.636 bits per heavy atom. The molecule has 0 unspecified atom stereocenters. The van der Waals surface area contributed by atoms with Gasteiger partial charge in [-0.05, 0) is 19.3 Å². The minimum Gasteiger partial charge on any atom is -0.481 e. The van der Waals surface area contributed by atoms with Gasteiger partial charge in [0.15, 0.2) is 0 Å². The standard InChI is InChI=1S/C18H32O4/c19-17(20)15-13-11-9-7-5-3-1-2-4-6-8-10-12-14-16-18(21)22/h13,15H,1-12,14,16H2,(H,19,20)(H,21,22). The van der Waals surface area contributed by atoms with Crippen LogP contribution < -0.4 is 0 Å². The molecule has 128 valence electrons. The molecule has 0 radical (unpaired) electrons. The first-order valence-corrected chi connectivity index (χ1v) is 8.74. The monoisotopic (exact) mass is 312 g/mol. The summed E-state index contributed by atoms with van der Waals surface area (Å²) >= 11 is 0. The zero-order valence-corrected chi connectivity index (χ0v) is 13.8. The van der Waals surface area contributed by atoms with E-state index in [9.17, 15) is 9.59 Å². The lowest BCUT2D eigenvalue weighted by molar-refractivity contribution is -0.137. The molecule has 0 aromatic carbocycles. The van der Waals surface area contributed by atoms with Crippen molar-refractivity contribution in [2.24, 2.45) is 0 Å². The van der Waals surface area contributed by atoms with Crippen molar-refractivity contribution >= 4 is 11.9 Å². The topological polar surface area (TPSA) is 74.6 Å². The molecule has 0 aromatic rings. The second-order valence-corrected chi connectivity index (χ2v) is 5.92. The first-order valence-electron chi connectivity index (χ1n) is 8.74. The zero-order valence-electron chi connectivity index (χ0n) is 13.8. The quantitative estimate of drug-likeness (QED) is 0.304. The molecular weight excluding hydrogens is 280 g/mol. The van der Waals surface area contributed by atoms with Crippen molar-refractivity contribution in [2.45, 2.75) is 89.9 Å². The number of rotatable bonds is 16. The molecule has 4 nitrogen and oxygen atoms in total.